The van der Waals surface area contributed by atoms with E-state index in [2.05, 4.69) is 43.8 Å². The van der Waals surface area contributed by atoms with Crippen LogP contribution in [-0.2, 0) is 6.54 Å². The SMILES string of the molecule is CCCn1ccnc1C(O)c1cc(Br)ccc1Br. The van der Waals surface area contributed by atoms with E-state index in [-0.39, 0.29) is 0 Å². The molecule has 0 spiro atoms. The predicted octanol–water partition coefficient (Wildman–Crippen LogP) is 3.90. The molecule has 0 radical (unpaired) electrons. The van der Waals surface area contributed by atoms with Crippen LogP contribution in [-0.4, -0.2) is 14.7 Å². The first-order valence-corrected chi connectivity index (χ1v) is 7.36. The van der Waals surface area contributed by atoms with Crippen LogP contribution in [0, 0.1) is 0 Å². The molecule has 1 aromatic carbocycles. The molecule has 0 saturated carbocycles. The fourth-order valence-electron chi connectivity index (χ4n) is 1.86. The maximum absolute atomic E-state index is 10.5. The van der Waals surface area contributed by atoms with Gasteiger partial charge < -0.3 is 9.67 Å². The molecule has 0 fully saturated rings. The number of halogens is 2. The highest BCUT2D eigenvalue weighted by Crippen LogP contribution is 2.30. The van der Waals surface area contributed by atoms with E-state index in [1.54, 1.807) is 6.20 Å². The van der Waals surface area contributed by atoms with Crippen LogP contribution in [0.3, 0.4) is 0 Å². The van der Waals surface area contributed by atoms with Crippen molar-refractivity contribution in [2.24, 2.45) is 0 Å². The molecule has 0 aliphatic rings. The van der Waals surface area contributed by atoms with Gasteiger partial charge in [0.2, 0.25) is 0 Å². The Balaban J connectivity index is 2.38. The van der Waals surface area contributed by atoms with Gasteiger partial charge >= 0.3 is 0 Å². The molecule has 2 rings (SSSR count). The second-order valence-electron chi connectivity index (χ2n) is 4.05. The van der Waals surface area contributed by atoms with Gasteiger partial charge in [-0.2, -0.15) is 0 Å². The Labute approximate surface area is 123 Å². The zero-order chi connectivity index (χ0) is 13.1. The van der Waals surface area contributed by atoms with E-state index in [1.807, 2.05) is 29.0 Å². The highest BCUT2D eigenvalue weighted by atomic mass is 79.9. The summed E-state index contributed by atoms with van der Waals surface area (Å²) >= 11 is 6.88. The van der Waals surface area contributed by atoms with Gasteiger partial charge in [-0.3, -0.25) is 0 Å². The monoisotopic (exact) mass is 372 g/mol. The minimum absolute atomic E-state index is 0.677. The Bertz CT molecular complexity index is 540. The van der Waals surface area contributed by atoms with Crippen molar-refractivity contribution in [2.75, 3.05) is 0 Å². The minimum Gasteiger partial charge on any atom is -0.380 e. The summed E-state index contributed by atoms with van der Waals surface area (Å²) < 4.78 is 3.80. The summed E-state index contributed by atoms with van der Waals surface area (Å²) in [5.74, 6) is 0.677. The van der Waals surface area contributed by atoms with Crippen molar-refractivity contribution in [3.05, 3.63) is 50.9 Å². The smallest absolute Gasteiger partial charge is 0.142 e. The quantitative estimate of drug-likeness (QED) is 0.882. The van der Waals surface area contributed by atoms with Crippen LogP contribution in [0.4, 0.5) is 0 Å². The number of aromatic nitrogens is 2. The topological polar surface area (TPSA) is 38.0 Å². The lowest BCUT2D eigenvalue weighted by Gasteiger charge is -2.15. The largest absolute Gasteiger partial charge is 0.380 e. The first-order chi connectivity index (χ1) is 8.63. The summed E-state index contributed by atoms with van der Waals surface area (Å²) in [5, 5.41) is 10.5. The molecule has 0 aliphatic heterocycles. The molecule has 0 aliphatic carbocycles. The summed E-state index contributed by atoms with van der Waals surface area (Å²) in [6.45, 7) is 2.96. The molecule has 1 heterocycles. The molecule has 1 aromatic heterocycles. The molecular formula is C13H14Br2N2O. The Hall–Kier alpha value is -0.650. The Morgan fingerprint density at radius 2 is 2.17 bits per heavy atom. The molecule has 1 atom stereocenters. The Morgan fingerprint density at radius 1 is 1.39 bits per heavy atom. The number of aliphatic hydroxyl groups excluding tert-OH is 1. The van der Waals surface area contributed by atoms with Gasteiger partial charge in [0.15, 0.2) is 0 Å². The second-order valence-corrected chi connectivity index (χ2v) is 5.82. The van der Waals surface area contributed by atoms with Crippen LogP contribution in [0.2, 0.25) is 0 Å². The lowest BCUT2D eigenvalue weighted by atomic mass is 10.1. The third-order valence-corrected chi connectivity index (χ3v) is 3.92. The van der Waals surface area contributed by atoms with Crippen LogP contribution < -0.4 is 0 Å². The highest BCUT2D eigenvalue weighted by Gasteiger charge is 2.18. The molecule has 1 N–H and O–H groups in total. The van der Waals surface area contributed by atoms with Gasteiger partial charge in [0.05, 0.1) is 0 Å². The zero-order valence-electron chi connectivity index (χ0n) is 9.98. The predicted molar refractivity (Wildman–Crippen MR) is 78.4 cm³/mol. The lowest BCUT2D eigenvalue weighted by molar-refractivity contribution is 0.203. The van der Waals surface area contributed by atoms with Crippen LogP contribution >= 0.6 is 31.9 Å². The van der Waals surface area contributed by atoms with Gasteiger partial charge in [-0.05, 0) is 24.6 Å². The number of benzene rings is 1. The first-order valence-electron chi connectivity index (χ1n) is 5.77. The summed E-state index contributed by atoms with van der Waals surface area (Å²) in [4.78, 5) is 4.26. The van der Waals surface area contributed by atoms with E-state index < -0.39 is 6.10 Å². The molecule has 5 heteroatoms. The Kier molecular flexibility index (Phi) is 4.59. The molecule has 1 unspecified atom stereocenters. The maximum atomic E-state index is 10.5. The van der Waals surface area contributed by atoms with Crippen LogP contribution in [0.5, 0.6) is 0 Å². The third kappa shape index (κ3) is 2.84. The summed E-state index contributed by atoms with van der Waals surface area (Å²) in [7, 11) is 0. The van der Waals surface area contributed by atoms with E-state index in [9.17, 15) is 5.11 Å². The highest BCUT2D eigenvalue weighted by molar-refractivity contribution is 9.11. The molecule has 2 aromatic rings. The van der Waals surface area contributed by atoms with Crippen molar-refractivity contribution in [3.63, 3.8) is 0 Å². The van der Waals surface area contributed by atoms with E-state index in [0.717, 1.165) is 27.5 Å². The number of imidazole rings is 1. The molecule has 0 amide bonds. The van der Waals surface area contributed by atoms with Gasteiger partial charge in [0, 0.05) is 33.4 Å². The lowest BCUT2D eigenvalue weighted by Crippen LogP contribution is -2.10. The molecule has 18 heavy (non-hydrogen) atoms. The van der Waals surface area contributed by atoms with Gasteiger partial charge in [0.1, 0.15) is 11.9 Å². The number of aryl methyl sites for hydroxylation is 1. The van der Waals surface area contributed by atoms with Crippen molar-refractivity contribution in [1.82, 2.24) is 9.55 Å². The fraction of sp³-hybridized carbons (Fsp3) is 0.308. The van der Waals surface area contributed by atoms with E-state index in [1.165, 1.54) is 0 Å². The zero-order valence-corrected chi connectivity index (χ0v) is 13.1. The maximum Gasteiger partial charge on any atom is 0.142 e. The van der Waals surface area contributed by atoms with Crippen LogP contribution in [0.25, 0.3) is 0 Å². The average Bonchev–Trinajstić information content (AvgIpc) is 2.80. The minimum atomic E-state index is -0.724. The van der Waals surface area contributed by atoms with Crippen LogP contribution in [0.15, 0.2) is 39.5 Å². The van der Waals surface area contributed by atoms with E-state index in [4.69, 9.17) is 0 Å². The van der Waals surface area contributed by atoms with Gasteiger partial charge in [-0.15, -0.1) is 0 Å². The molecule has 0 saturated heterocycles. The fourth-order valence-corrected chi connectivity index (χ4v) is 2.70. The van der Waals surface area contributed by atoms with Crippen molar-refractivity contribution >= 4 is 31.9 Å². The van der Waals surface area contributed by atoms with Crippen molar-refractivity contribution in [3.8, 4) is 0 Å². The Morgan fingerprint density at radius 3 is 2.89 bits per heavy atom. The molecular weight excluding hydrogens is 360 g/mol. The van der Waals surface area contributed by atoms with Crippen molar-refractivity contribution in [2.45, 2.75) is 26.0 Å². The normalized spacial score (nSPS) is 12.7. The number of rotatable bonds is 4. The third-order valence-electron chi connectivity index (χ3n) is 2.71. The number of aliphatic hydroxyl groups is 1. The molecule has 0 bridgehead atoms. The van der Waals surface area contributed by atoms with Crippen molar-refractivity contribution < 1.29 is 5.11 Å². The average molecular weight is 374 g/mol. The van der Waals surface area contributed by atoms with Gasteiger partial charge in [-0.25, -0.2) is 4.98 Å². The summed E-state index contributed by atoms with van der Waals surface area (Å²) in [6, 6.07) is 5.74. The number of hydrogen-bond acceptors (Lipinski definition) is 2. The molecule has 3 nitrogen and oxygen atoms in total. The summed E-state index contributed by atoms with van der Waals surface area (Å²) in [5.41, 5.74) is 0.813. The number of nitrogens with zero attached hydrogens (tertiary/aromatic N) is 2. The first kappa shape index (κ1) is 13.8. The van der Waals surface area contributed by atoms with Crippen LogP contribution in [0.1, 0.15) is 30.8 Å². The van der Waals surface area contributed by atoms with E-state index in [0.29, 0.717) is 5.82 Å². The van der Waals surface area contributed by atoms with Gasteiger partial charge in [-0.1, -0.05) is 38.8 Å². The summed E-state index contributed by atoms with van der Waals surface area (Å²) in [6.07, 6.45) is 3.91. The molecule has 96 valence electrons. The standard InChI is InChI=1S/C13H14Br2N2O/c1-2-6-17-7-5-16-13(17)12(18)10-8-9(14)3-4-11(10)15/h3-5,7-8,12,18H,2,6H2,1H3. The van der Waals surface area contributed by atoms with E-state index >= 15 is 0 Å². The van der Waals surface area contributed by atoms with Gasteiger partial charge in [0.25, 0.3) is 0 Å². The number of hydrogen-bond donors (Lipinski definition) is 1. The van der Waals surface area contributed by atoms with Crippen molar-refractivity contribution in [1.29, 1.82) is 0 Å². The second kappa shape index (κ2) is 5.99.